The second kappa shape index (κ2) is 5.21. The monoisotopic (exact) mass is 224 g/mol. The Morgan fingerprint density at radius 1 is 0.824 bits per heavy atom. The van der Waals surface area contributed by atoms with E-state index in [2.05, 4.69) is 17.4 Å². The first kappa shape index (κ1) is 11.3. The highest BCUT2D eigenvalue weighted by atomic mass is 16.3. The van der Waals surface area contributed by atoms with Crippen molar-refractivity contribution < 1.29 is 5.11 Å². The van der Waals surface area contributed by atoms with Crippen LogP contribution in [0.25, 0.3) is 12.2 Å². The largest absolute Gasteiger partial charge is 0.508 e. The Morgan fingerprint density at radius 2 is 1.29 bits per heavy atom. The summed E-state index contributed by atoms with van der Waals surface area (Å²) in [5.74, 6) is 0.292. The van der Waals surface area contributed by atoms with Gasteiger partial charge in [0.1, 0.15) is 5.75 Å². The lowest BCUT2D eigenvalue weighted by molar-refractivity contribution is 0.475. The molecule has 0 radical (unpaired) electrons. The lowest BCUT2D eigenvalue weighted by Gasteiger charge is -1.99. The molecule has 0 aromatic heterocycles. The molecule has 0 saturated heterocycles. The molecular weight excluding hydrogens is 209 g/mol. The fraction of sp³-hybridized carbons (Fsp3) is 0.0667. The highest BCUT2D eigenvalue weighted by Gasteiger charge is 1.90. The molecule has 0 aliphatic heterocycles. The van der Waals surface area contributed by atoms with Crippen molar-refractivity contribution in [3.05, 3.63) is 59.7 Å². The van der Waals surface area contributed by atoms with E-state index >= 15 is 0 Å². The van der Waals surface area contributed by atoms with Crippen molar-refractivity contribution in [3.63, 3.8) is 0 Å². The maximum Gasteiger partial charge on any atom is 0.115 e. The topological polar surface area (TPSA) is 32.3 Å². The molecule has 2 nitrogen and oxygen atoms in total. The molecule has 0 unspecified atom stereocenters. The minimum absolute atomic E-state index is 0.292. The van der Waals surface area contributed by atoms with Gasteiger partial charge in [0, 0.05) is 12.7 Å². The third-order valence-electron chi connectivity index (χ3n) is 2.56. The Hall–Kier alpha value is -2.22. The van der Waals surface area contributed by atoms with Gasteiger partial charge in [0.25, 0.3) is 0 Å². The maximum absolute atomic E-state index is 9.17. The molecule has 0 bridgehead atoms. The average molecular weight is 224 g/mol. The summed E-state index contributed by atoms with van der Waals surface area (Å²) in [5, 5.41) is 12.3. The molecule has 86 valence electrons. The predicted octanol–water partition coefficient (Wildman–Crippen LogP) is 3.60. The molecule has 2 aromatic carbocycles. The SMILES string of the molecule is [11CH3]Nc1ccc(C=Cc2ccc(O)cc2)cc1. The number of hydrogen-bond acceptors (Lipinski definition) is 2. The average Bonchev–Trinajstić information content (AvgIpc) is 2.39. The van der Waals surface area contributed by atoms with Crippen LogP contribution in [0, 0.1) is 0 Å². The molecule has 2 rings (SSSR count). The number of phenolic OH excluding ortho intramolecular Hbond substituents is 1. The molecule has 0 atom stereocenters. The van der Waals surface area contributed by atoms with Crippen LogP contribution in [0.1, 0.15) is 11.1 Å². The molecule has 0 spiro atoms. The van der Waals surface area contributed by atoms with Crippen molar-refractivity contribution >= 4 is 17.8 Å². The standard InChI is InChI=1S/C15H15NO/c1-16-14-8-4-12(5-9-14)2-3-13-6-10-15(17)11-7-13/h2-11,16-17H,1H3/i1-1. The second-order valence-corrected chi connectivity index (χ2v) is 3.80. The number of phenols is 1. The smallest absolute Gasteiger partial charge is 0.115 e. The Labute approximate surface area is 101 Å². The summed E-state index contributed by atoms with van der Waals surface area (Å²) in [7, 11) is 1.90. The van der Waals surface area contributed by atoms with Crippen LogP contribution in [0.3, 0.4) is 0 Å². The van der Waals surface area contributed by atoms with Gasteiger partial charge in [-0.15, -0.1) is 0 Å². The molecule has 0 aliphatic carbocycles. The van der Waals surface area contributed by atoms with Crippen molar-refractivity contribution in [2.24, 2.45) is 0 Å². The first-order valence-corrected chi connectivity index (χ1v) is 5.53. The molecular formula is C15H15NO. The molecule has 0 aliphatic rings. The fourth-order valence-electron chi connectivity index (χ4n) is 1.54. The number of anilines is 1. The Morgan fingerprint density at radius 3 is 1.76 bits per heavy atom. The van der Waals surface area contributed by atoms with E-state index in [0.29, 0.717) is 5.75 Å². The predicted molar refractivity (Wildman–Crippen MR) is 73.0 cm³/mol. The fourth-order valence-corrected chi connectivity index (χ4v) is 1.54. The first-order chi connectivity index (χ1) is 8.28. The highest BCUT2D eigenvalue weighted by molar-refractivity contribution is 5.70. The van der Waals surface area contributed by atoms with Crippen LogP contribution in [0.15, 0.2) is 48.5 Å². The zero-order chi connectivity index (χ0) is 12.1. The molecule has 0 fully saturated rings. The summed E-state index contributed by atoms with van der Waals surface area (Å²) in [6.07, 6.45) is 4.07. The Bertz CT molecular complexity index is 497. The van der Waals surface area contributed by atoms with Gasteiger partial charge < -0.3 is 10.4 Å². The van der Waals surface area contributed by atoms with E-state index < -0.39 is 0 Å². The van der Waals surface area contributed by atoms with E-state index in [4.69, 9.17) is 5.11 Å². The molecule has 0 heterocycles. The second-order valence-electron chi connectivity index (χ2n) is 3.80. The zero-order valence-corrected chi connectivity index (χ0v) is 9.72. The minimum Gasteiger partial charge on any atom is -0.508 e. The van der Waals surface area contributed by atoms with Gasteiger partial charge in [-0.1, -0.05) is 36.4 Å². The number of hydrogen-bond donors (Lipinski definition) is 2. The van der Waals surface area contributed by atoms with Crippen LogP contribution >= 0.6 is 0 Å². The van der Waals surface area contributed by atoms with Gasteiger partial charge in [0.2, 0.25) is 0 Å². The molecule has 0 saturated carbocycles. The van der Waals surface area contributed by atoms with Crippen molar-refractivity contribution in [3.8, 4) is 5.75 Å². The van der Waals surface area contributed by atoms with Crippen molar-refractivity contribution in [2.45, 2.75) is 0 Å². The summed E-state index contributed by atoms with van der Waals surface area (Å²) < 4.78 is 0. The van der Waals surface area contributed by atoms with Crippen LogP contribution in [-0.2, 0) is 0 Å². The molecule has 17 heavy (non-hydrogen) atoms. The molecule has 0 amide bonds. The van der Waals surface area contributed by atoms with E-state index in [9.17, 15) is 0 Å². The van der Waals surface area contributed by atoms with E-state index in [-0.39, 0.29) is 0 Å². The van der Waals surface area contributed by atoms with E-state index in [1.165, 1.54) is 0 Å². The molecule has 2 aromatic rings. The number of rotatable bonds is 3. The van der Waals surface area contributed by atoms with Crippen LogP contribution in [0.4, 0.5) is 5.69 Å². The quantitative estimate of drug-likeness (QED) is 0.781. The first-order valence-electron chi connectivity index (χ1n) is 5.53. The van der Waals surface area contributed by atoms with Gasteiger partial charge in [-0.25, -0.2) is 0 Å². The van der Waals surface area contributed by atoms with E-state index in [0.717, 1.165) is 16.8 Å². The van der Waals surface area contributed by atoms with Gasteiger partial charge in [-0.05, 0) is 35.4 Å². The van der Waals surface area contributed by atoms with E-state index in [1.54, 1.807) is 12.1 Å². The van der Waals surface area contributed by atoms with Crippen LogP contribution in [0.5, 0.6) is 5.75 Å². The van der Waals surface area contributed by atoms with E-state index in [1.807, 2.05) is 43.5 Å². The maximum atomic E-state index is 9.17. The van der Waals surface area contributed by atoms with Crippen molar-refractivity contribution in [1.29, 1.82) is 0 Å². The highest BCUT2D eigenvalue weighted by Crippen LogP contribution is 2.14. The van der Waals surface area contributed by atoms with Gasteiger partial charge in [-0.2, -0.15) is 0 Å². The van der Waals surface area contributed by atoms with Crippen LogP contribution in [-0.4, -0.2) is 12.2 Å². The normalized spacial score (nSPS) is 10.6. The Kier molecular flexibility index (Phi) is 3.46. The third kappa shape index (κ3) is 3.11. The van der Waals surface area contributed by atoms with Gasteiger partial charge in [-0.3, -0.25) is 0 Å². The lowest BCUT2D eigenvalue weighted by atomic mass is 10.1. The summed E-state index contributed by atoms with van der Waals surface area (Å²) in [4.78, 5) is 0. The van der Waals surface area contributed by atoms with Gasteiger partial charge in [0.15, 0.2) is 0 Å². The van der Waals surface area contributed by atoms with Crippen molar-refractivity contribution in [2.75, 3.05) is 12.4 Å². The lowest BCUT2D eigenvalue weighted by Crippen LogP contribution is -1.86. The van der Waals surface area contributed by atoms with Crippen LogP contribution < -0.4 is 5.32 Å². The number of nitrogens with one attached hydrogen (secondary N) is 1. The number of aromatic hydroxyl groups is 1. The molecule has 2 heteroatoms. The van der Waals surface area contributed by atoms with Crippen molar-refractivity contribution in [1.82, 2.24) is 0 Å². The summed E-state index contributed by atoms with van der Waals surface area (Å²) in [6, 6.07) is 15.3. The summed E-state index contributed by atoms with van der Waals surface area (Å²) >= 11 is 0. The Balaban J connectivity index is 2.11. The molecule has 2 N–H and O–H groups in total. The van der Waals surface area contributed by atoms with Crippen LogP contribution in [0.2, 0.25) is 0 Å². The minimum atomic E-state index is 0.292. The third-order valence-corrected chi connectivity index (χ3v) is 2.56. The van der Waals surface area contributed by atoms with Gasteiger partial charge in [0.05, 0.1) is 0 Å². The summed E-state index contributed by atoms with van der Waals surface area (Å²) in [5.41, 5.74) is 3.32. The summed E-state index contributed by atoms with van der Waals surface area (Å²) in [6.45, 7) is 0. The zero-order valence-electron chi connectivity index (χ0n) is 9.72. The number of benzene rings is 2. The van der Waals surface area contributed by atoms with Gasteiger partial charge >= 0.3 is 0 Å².